The van der Waals surface area contributed by atoms with E-state index >= 15 is 0 Å². The molecule has 6 rings (SSSR count). The Labute approximate surface area is 270 Å². The lowest BCUT2D eigenvalue weighted by Gasteiger charge is -2.14. The maximum absolute atomic E-state index is 7.45. The molecule has 6 N–H and O–H groups in total. The molecule has 0 saturated carbocycles. The summed E-state index contributed by atoms with van der Waals surface area (Å²) < 4.78 is 0. The Morgan fingerprint density at radius 2 is 1.07 bits per heavy atom. The van der Waals surface area contributed by atoms with Crippen molar-refractivity contribution in [3.63, 3.8) is 0 Å². The van der Waals surface area contributed by atoms with Gasteiger partial charge in [-0.05, 0) is 29.8 Å². The van der Waals surface area contributed by atoms with Gasteiger partial charge in [-0.25, -0.2) is 20.8 Å². The van der Waals surface area contributed by atoms with Crippen molar-refractivity contribution in [2.24, 2.45) is 31.1 Å². The third kappa shape index (κ3) is 7.09. The average Bonchev–Trinajstić information content (AvgIpc) is 3.78. The van der Waals surface area contributed by atoms with E-state index in [0.29, 0.717) is 38.6 Å². The van der Waals surface area contributed by atoms with Crippen molar-refractivity contribution in [2.45, 2.75) is 0 Å². The molecule has 2 heterocycles. The van der Waals surface area contributed by atoms with Crippen LogP contribution in [-0.4, -0.2) is 9.97 Å². The van der Waals surface area contributed by atoms with Gasteiger partial charge < -0.3 is 0 Å². The molecule has 6 aromatic rings. The zero-order valence-corrected chi connectivity index (χ0v) is 25.4. The van der Waals surface area contributed by atoms with E-state index in [-0.39, 0.29) is 0 Å². The monoisotopic (exact) mass is 644 g/mol. The average molecular weight is 645 g/mol. The SMILES string of the molecule is N=NNc1c(N=NNc2nc(-c3ccccc3)cs2)ccc(-c2ccc(N=NNc3nc(-c4ccccc4)cs3)cc2)c1NN=N. The minimum atomic E-state index is 0.310. The van der Waals surface area contributed by atoms with E-state index < -0.39 is 0 Å². The number of nitrogens with one attached hydrogen (secondary N) is 6. The number of thiazole rings is 2. The summed E-state index contributed by atoms with van der Waals surface area (Å²) in [6.07, 6.45) is 0. The minimum absolute atomic E-state index is 0.310. The predicted octanol–water partition coefficient (Wildman–Crippen LogP) is 10.5. The standard InChI is InChI=1S/C30H24N14S2/c31-41-37-27-23(19-11-13-22(14-12-19)35-43-39-29-33-25(17-45-29)20-7-3-1-4-8-20)15-16-24(28(27)38-42-32)36-44-40-30-34-26(18-46-30)21-9-5-2-6-10-21/h1-18H,(H2,31,37)(H2,32,38)(H,33,35,39)(H,34,36,40). The van der Waals surface area contributed by atoms with E-state index in [9.17, 15) is 0 Å². The molecule has 46 heavy (non-hydrogen) atoms. The van der Waals surface area contributed by atoms with Gasteiger partial charge in [0.25, 0.3) is 0 Å². The van der Waals surface area contributed by atoms with Crippen molar-refractivity contribution in [1.29, 1.82) is 11.1 Å². The maximum Gasteiger partial charge on any atom is 0.205 e. The highest BCUT2D eigenvalue weighted by Gasteiger charge is 2.16. The topological polar surface area (TPSA) is 196 Å². The highest BCUT2D eigenvalue weighted by Crippen LogP contribution is 2.42. The highest BCUT2D eigenvalue weighted by molar-refractivity contribution is 7.14. The largest absolute Gasteiger partial charge is 0.257 e. The van der Waals surface area contributed by atoms with E-state index in [2.05, 4.69) is 62.8 Å². The fraction of sp³-hybridized carbons (Fsp3) is 0. The van der Waals surface area contributed by atoms with Crippen molar-refractivity contribution >= 4 is 55.7 Å². The molecule has 226 valence electrons. The second-order valence-electron chi connectivity index (χ2n) is 9.31. The van der Waals surface area contributed by atoms with Gasteiger partial charge in [-0.2, -0.15) is 11.1 Å². The molecule has 0 aliphatic carbocycles. The Balaban J connectivity index is 1.16. The molecular weight excluding hydrogens is 621 g/mol. The number of hydrogen-bond donors (Lipinski definition) is 6. The van der Waals surface area contributed by atoms with E-state index in [4.69, 9.17) is 11.1 Å². The molecule has 0 aliphatic rings. The number of hydrogen-bond acceptors (Lipinski definition) is 12. The van der Waals surface area contributed by atoms with E-state index in [1.807, 2.05) is 83.6 Å². The van der Waals surface area contributed by atoms with Crippen LogP contribution >= 0.6 is 22.7 Å². The van der Waals surface area contributed by atoms with Gasteiger partial charge in [0, 0.05) is 27.5 Å². The first-order chi connectivity index (χ1) is 22.7. The molecular formula is C30H24N14S2. The van der Waals surface area contributed by atoms with Crippen LogP contribution in [0.1, 0.15) is 0 Å². The van der Waals surface area contributed by atoms with Crippen LogP contribution in [0.5, 0.6) is 0 Å². The second kappa shape index (κ2) is 14.5. The number of nitrogens with zero attached hydrogens (tertiary/aromatic N) is 8. The fourth-order valence-electron chi connectivity index (χ4n) is 4.34. The normalized spacial score (nSPS) is 11.0. The summed E-state index contributed by atoms with van der Waals surface area (Å²) in [6.45, 7) is 0. The lowest BCUT2D eigenvalue weighted by atomic mass is 10.0. The number of aromatic nitrogens is 2. The van der Waals surface area contributed by atoms with Crippen LogP contribution in [0.2, 0.25) is 0 Å². The maximum atomic E-state index is 7.45. The van der Waals surface area contributed by atoms with Gasteiger partial charge in [-0.1, -0.05) is 93.7 Å². The van der Waals surface area contributed by atoms with Crippen molar-refractivity contribution in [3.05, 3.63) is 108 Å². The van der Waals surface area contributed by atoms with Gasteiger partial charge in [-0.15, -0.1) is 32.9 Å². The molecule has 0 fully saturated rings. The highest BCUT2D eigenvalue weighted by atomic mass is 32.1. The molecule has 4 aromatic carbocycles. The van der Waals surface area contributed by atoms with Crippen LogP contribution < -0.4 is 21.7 Å². The predicted molar refractivity (Wildman–Crippen MR) is 181 cm³/mol. The Morgan fingerprint density at radius 3 is 1.63 bits per heavy atom. The number of rotatable bonds is 13. The van der Waals surface area contributed by atoms with Gasteiger partial charge in [0.1, 0.15) is 11.4 Å². The molecule has 0 amide bonds. The van der Waals surface area contributed by atoms with Gasteiger partial charge in [0.2, 0.25) is 10.3 Å². The van der Waals surface area contributed by atoms with Crippen LogP contribution in [0.4, 0.5) is 33.0 Å². The zero-order chi connectivity index (χ0) is 31.6. The summed E-state index contributed by atoms with van der Waals surface area (Å²) in [7, 11) is 0. The Hall–Kier alpha value is -6.26. The summed E-state index contributed by atoms with van der Waals surface area (Å²) in [6, 6.07) is 30.6. The van der Waals surface area contributed by atoms with Gasteiger partial charge in [0.05, 0.1) is 22.8 Å². The molecule has 0 unspecified atom stereocenters. The van der Waals surface area contributed by atoms with Gasteiger partial charge >= 0.3 is 0 Å². The van der Waals surface area contributed by atoms with Crippen LogP contribution in [0, 0.1) is 11.1 Å². The molecule has 0 atom stereocenters. The van der Waals surface area contributed by atoms with E-state index in [1.54, 1.807) is 24.3 Å². The fourth-order valence-corrected chi connectivity index (χ4v) is 5.66. The van der Waals surface area contributed by atoms with Crippen LogP contribution in [0.25, 0.3) is 33.6 Å². The van der Waals surface area contributed by atoms with E-state index in [0.717, 1.165) is 28.1 Å². The molecule has 0 bridgehead atoms. The molecule has 0 radical (unpaired) electrons. The van der Waals surface area contributed by atoms with Crippen molar-refractivity contribution < 1.29 is 0 Å². The number of benzene rings is 4. The summed E-state index contributed by atoms with van der Waals surface area (Å²) >= 11 is 2.84. The summed E-state index contributed by atoms with van der Waals surface area (Å²) in [5.74, 6) is 0. The molecule has 14 nitrogen and oxygen atoms in total. The molecule has 16 heteroatoms. The lowest BCUT2D eigenvalue weighted by molar-refractivity contribution is 1.03. The summed E-state index contributed by atoms with van der Waals surface area (Å²) in [5.41, 5.74) is 32.7. The van der Waals surface area contributed by atoms with Crippen molar-refractivity contribution in [2.75, 3.05) is 21.7 Å². The minimum Gasteiger partial charge on any atom is -0.257 e. The first-order valence-electron chi connectivity index (χ1n) is 13.6. The second-order valence-corrected chi connectivity index (χ2v) is 11.0. The molecule has 0 aliphatic heterocycles. The zero-order valence-electron chi connectivity index (χ0n) is 23.8. The van der Waals surface area contributed by atoms with Crippen LogP contribution in [-0.2, 0) is 0 Å². The third-order valence-corrected chi connectivity index (χ3v) is 7.95. The molecule has 2 aromatic heterocycles. The lowest BCUT2D eigenvalue weighted by Crippen LogP contribution is -1.98. The van der Waals surface area contributed by atoms with Gasteiger partial charge in [-0.3, -0.25) is 10.9 Å². The van der Waals surface area contributed by atoms with Crippen LogP contribution in [0.3, 0.4) is 0 Å². The van der Waals surface area contributed by atoms with Crippen molar-refractivity contribution in [1.82, 2.24) is 9.97 Å². The first kappa shape index (κ1) is 29.8. The molecule has 0 saturated heterocycles. The quantitative estimate of drug-likeness (QED) is 0.0534. The molecule has 0 spiro atoms. The Bertz CT molecular complexity index is 1990. The smallest absolute Gasteiger partial charge is 0.205 e. The van der Waals surface area contributed by atoms with E-state index in [1.165, 1.54) is 22.7 Å². The Kier molecular flexibility index (Phi) is 9.38. The number of anilines is 4. The summed E-state index contributed by atoms with van der Waals surface area (Å²) in [5, 5.41) is 28.4. The van der Waals surface area contributed by atoms with Crippen molar-refractivity contribution in [3.8, 4) is 33.6 Å². The van der Waals surface area contributed by atoms with Gasteiger partial charge in [0.15, 0.2) is 0 Å². The Morgan fingerprint density at radius 1 is 0.522 bits per heavy atom. The first-order valence-corrected chi connectivity index (χ1v) is 15.4. The summed E-state index contributed by atoms with van der Waals surface area (Å²) in [4.78, 5) is 9.09. The van der Waals surface area contributed by atoms with Crippen LogP contribution in [0.15, 0.2) is 139 Å². The third-order valence-electron chi connectivity index (χ3n) is 6.46.